The maximum atomic E-state index is 5.15. The molecule has 0 radical (unpaired) electrons. The van der Waals surface area contributed by atoms with Crippen molar-refractivity contribution in [1.29, 1.82) is 0 Å². The monoisotopic (exact) mass is 314 g/mol. The summed E-state index contributed by atoms with van der Waals surface area (Å²) in [5.74, 6) is 2.81. The molecule has 2 aliphatic carbocycles. The van der Waals surface area contributed by atoms with E-state index in [1.165, 1.54) is 49.3 Å². The zero-order chi connectivity index (χ0) is 15.1. The number of aromatic nitrogens is 1. The molecule has 0 N–H and O–H groups in total. The van der Waals surface area contributed by atoms with Crippen LogP contribution >= 0.6 is 11.8 Å². The molecule has 22 heavy (non-hydrogen) atoms. The van der Waals surface area contributed by atoms with Gasteiger partial charge in [0.05, 0.1) is 11.1 Å². The van der Waals surface area contributed by atoms with Crippen LogP contribution in [0, 0.1) is 11.8 Å². The Morgan fingerprint density at radius 1 is 1.27 bits per heavy atom. The van der Waals surface area contributed by atoms with Crippen molar-refractivity contribution in [3.63, 3.8) is 0 Å². The zero-order valence-corrected chi connectivity index (χ0v) is 14.5. The minimum absolute atomic E-state index is 0.545. The third-order valence-electron chi connectivity index (χ3n) is 5.70. The molecule has 0 fully saturated rings. The number of hydrogen-bond acceptors (Lipinski definition) is 2. The van der Waals surface area contributed by atoms with Gasteiger partial charge in [-0.05, 0) is 67.6 Å². The summed E-state index contributed by atoms with van der Waals surface area (Å²) in [6, 6.07) is 2.85. The number of nitrogens with zero attached hydrogens (tertiary/aromatic N) is 2. The van der Waals surface area contributed by atoms with Crippen LogP contribution in [0.5, 0.6) is 0 Å². The summed E-state index contributed by atoms with van der Waals surface area (Å²) in [5.41, 5.74) is 4.66. The van der Waals surface area contributed by atoms with Gasteiger partial charge in [-0.2, -0.15) is 0 Å². The van der Waals surface area contributed by atoms with E-state index in [2.05, 4.69) is 36.9 Å². The summed E-state index contributed by atoms with van der Waals surface area (Å²) in [7, 11) is 2.19. The van der Waals surface area contributed by atoms with Gasteiger partial charge in [0.2, 0.25) is 0 Å². The second-order valence-corrected chi connectivity index (χ2v) is 8.33. The van der Waals surface area contributed by atoms with E-state index < -0.39 is 0 Å². The van der Waals surface area contributed by atoms with Crippen LogP contribution < -0.4 is 0 Å². The Morgan fingerprint density at radius 2 is 2.18 bits per heavy atom. The quantitative estimate of drug-likeness (QED) is 0.791. The van der Waals surface area contributed by atoms with Crippen LogP contribution in [0.2, 0.25) is 0 Å². The predicted molar refractivity (Wildman–Crippen MR) is 95.7 cm³/mol. The molecule has 0 bridgehead atoms. The topological polar surface area (TPSA) is 17.3 Å². The molecule has 3 atom stereocenters. The summed E-state index contributed by atoms with van der Waals surface area (Å²) in [4.78, 5) is 5.15. The molecule has 0 aromatic carbocycles. The Kier molecular flexibility index (Phi) is 3.93. The van der Waals surface area contributed by atoms with E-state index in [0.29, 0.717) is 6.04 Å². The van der Waals surface area contributed by atoms with Gasteiger partial charge >= 0.3 is 0 Å². The van der Waals surface area contributed by atoms with Crippen LogP contribution in [0.1, 0.15) is 43.9 Å². The maximum Gasteiger partial charge on any atom is 0.0937 e. The average Bonchev–Trinajstić information content (AvgIpc) is 3.16. The van der Waals surface area contributed by atoms with Gasteiger partial charge in [-0.25, -0.2) is 0 Å². The second kappa shape index (κ2) is 5.92. The van der Waals surface area contributed by atoms with E-state index >= 15 is 0 Å². The van der Waals surface area contributed by atoms with Gasteiger partial charge in [0, 0.05) is 24.7 Å². The van der Waals surface area contributed by atoms with Gasteiger partial charge < -0.3 is 4.57 Å². The first-order chi connectivity index (χ1) is 10.7. The van der Waals surface area contributed by atoms with E-state index in [1.54, 1.807) is 16.8 Å². The summed E-state index contributed by atoms with van der Waals surface area (Å²) >= 11 is 2.01. The number of rotatable bonds is 2. The molecule has 1 aliphatic heterocycles. The summed E-state index contributed by atoms with van der Waals surface area (Å²) in [5, 5.41) is 1.37. The standard InChI is InChI=1S/C19H26N2S/c1-13-3-5-15(6-4-13)19-20-17(12-22-19)16-8-7-14-9-10-21(2)18(14)11-16/h5,9-10,13,16-17H,3-4,6-8,11-12H2,1-2H3. The fraction of sp³-hybridized carbons (Fsp3) is 0.632. The van der Waals surface area contributed by atoms with Gasteiger partial charge in [-0.15, -0.1) is 11.8 Å². The lowest BCUT2D eigenvalue weighted by molar-refractivity contribution is 0.393. The largest absolute Gasteiger partial charge is 0.354 e. The molecule has 118 valence electrons. The van der Waals surface area contributed by atoms with Crippen molar-refractivity contribution in [1.82, 2.24) is 4.57 Å². The van der Waals surface area contributed by atoms with Crippen molar-refractivity contribution < 1.29 is 0 Å². The first kappa shape index (κ1) is 14.6. The van der Waals surface area contributed by atoms with E-state index in [1.807, 2.05) is 11.8 Å². The summed E-state index contributed by atoms with van der Waals surface area (Å²) in [6.45, 7) is 2.36. The van der Waals surface area contributed by atoms with Gasteiger partial charge in [0.25, 0.3) is 0 Å². The van der Waals surface area contributed by atoms with Crippen LogP contribution in [0.25, 0.3) is 0 Å². The van der Waals surface area contributed by atoms with Crippen LogP contribution in [0.4, 0.5) is 0 Å². The van der Waals surface area contributed by atoms with Crippen LogP contribution in [-0.2, 0) is 19.9 Å². The number of fused-ring (bicyclic) bond motifs is 1. The van der Waals surface area contributed by atoms with Crippen molar-refractivity contribution in [3.05, 3.63) is 35.2 Å². The molecule has 0 amide bonds. The molecule has 0 spiro atoms. The highest BCUT2D eigenvalue weighted by molar-refractivity contribution is 8.14. The third kappa shape index (κ3) is 2.68. The Labute approximate surface area is 138 Å². The average molecular weight is 314 g/mol. The first-order valence-electron chi connectivity index (χ1n) is 8.74. The minimum atomic E-state index is 0.545. The van der Waals surface area contributed by atoms with Crippen molar-refractivity contribution in [3.8, 4) is 0 Å². The molecule has 3 heteroatoms. The highest BCUT2D eigenvalue weighted by atomic mass is 32.2. The molecule has 0 saturated heterocycles. The van der Waals surface area contributed by atoms with Crippen molar-refractivity contribution >= 4 is 16.8 Å². The number of thioether (sulfide) groups is 1. The molecule has 3 aliphatic rings. The lowest BCUT2D eigenvalue weighted by Gasteiger charge is -2.26. The lowest BCUT2D eigenvalue weighted by atomic mass is 9.83. The summed E-state index contributed by atoms with van der Waals surface area (Å²) < 4.78 is 2.32. The molecular formula is C19H26N2S. The number of allylic oxidation sites excluding steroid dienone is 1. The van der Waals surface area contributed by atoms with Gasteiger partial charge in [0.1, 0.15) is 0 Å². The van der Waals surface area contributed by atoms with Crippen LogP contribution in [0.3, 0.4) is 0 Å². The smallest absolute Gasteiger partial charge is 0.0937 e. The van der Waals surface area contributed by atoms with E-state index in [9.17, 15) is 0 Å². The molecule has 4 rings (SSSR count). The first-order valence-corrected chi connectivity index (χ1v) is 9.72. The molecule has 1 aromatic heterocycles. The van der Waals surface area contributed by atoms with E-state index in [0.717, 1.165) is 11.8 Å². The van der Waals surface area contributed by atoms with Gasteiger partial charge in [-0.3, -0.25) is 4.99 Å². The molecule has 1 aromatic rings. The molecule has 0 saturated carbocycles. The van der Waals surface area contributed by atoms with Gasteiger partial charge in [0.15, 0.2) is 0 Å². The fourth-order valence-electron chi connectivity index (χ4n) is 4.10. The SMILES string of the molecule is CC1CC=C(C2=NC(C3CCc4ccn(C)c4C3)CS2)CC1. The Bertz CT molecular complexity index is 625. The highest BCUT2D eigenvalue weighted by Crippen LogP contribution is 2.37. The van der Waals surface area contributed by atoms with Crippen LogP contribution in [0.15, 0.2) is 28.9 Å². The number of aryl methyl sites for hydroxylation is 2. The minimum Gasteiger partial charge on any atom is -0.354 e. The number of hydrogen-bond donors (Lipinski definition) is 0. The Hall–Kier alpha value is -0.960. The molecule has 2 nitrogen and oxygen atoms in total. The fourth-order valence-corrected chi connectivity index (χ4v) is 5.36. The van der Waals surface area contributed by atoms with Crippen LogP contribution in [-0.4, -0.2) is 21.4 Å². The third-order valence-corrected chi connectivity index (χ3v) is 6.85. The van der Waals surface area contributed by atoms with Crippen molar-refractivity contribution in [2.75, 3.05) is 5.75 Å². The normalized spacial score (nSPS) is 31.6. The second-order valence-electron chi connectivity index (χ2n) is 7.32. The Morgan fingerprint density at radius 3 is 3.00 bits per heavy atom. The molecule has 2 heterocycles. The van der Waals surface area contributed by atoms with Gasteiger partial charge in [-0.1, -0.05) is 13.0 Å². The van der Waals surface area contributed by atoms with Crippen molar-refractivity contribution in [2.24, 2.45) is 23.9 Å². The molecule has 3 unspecified atom stereocenters. The van der Waals surface area contributed by atoms with Crippen molar-refractivity contribution in [2.45, 2.75) is 51.5 Å². The summed E-state index contributed by atoms with van der Waals surface area (Å²) in [6.07, 6.45) is 12.3. The molecular weight excluding hydrogens is 288 g/mol. The highest BCUT2D eigenvalue weighted by Gasteiger charge is 2.32. The number of aliphatic imine (C=N–C) groups is 1. The van der Waals surface area contributed by atoms with E-state index in [-0.39, 0.29) is 0 Å². The maximum absolute atomic E-state index is 5.15. The predicted octanol–water partition coefficient (Wildman–Crippen LogP) is 4.39. The lowest BCUT2D eigenvalue weighted by Crippen LogP contribution is -2.26. The zero-order valence-electron chi connectivity index (χ0n) is 13.7. The Balaban J connectivity index is 1.48. The van der Waals surface area contributed by atoms with E-state index in [4.69, 9.17) is 4.99 Å².